The molecule has 100 valence electrons. The molecule has 0 aliphatic heterocycles. The highest BCUT2D eigenvalue weighted by atomic mass is 79.9. The highest BCUT2D eigenvalue weighted by molar-refractivity contribution is 9.10. The lowest BCUT2D eigenvalue weighted by Crippen LogP contribution is -1.96. The zero-order chi connectivity index (χ0) is 14.2. The molecule has 0 unspecified atom stereocenters. The smallest absolute Gasteiger partial charge is 0.358 e. The van der Waals surface area contributed by atoms with Gasteiger partial charge in [0, 0.05) is 6.07 Å². The molecule has 1 aromatic carbocycles. The first kappa shape index (κ1) is 13.5. The predicted octanol–water partition coefficient (Wildman–Crippen LogP) is 3.09. The molecule has 8 heteroatoms. The van der Waals surface area contributed by atoms with Crippen LogP contribution in [0.4, 0.5) is 8.78 Å². The van der Waals surface area contributed by atoms with Crippen molar-refractivity contribution >= 4 is 21.9 Å². The average molecular weight is 334 g/mol. The number of aromatic nitrogens is 1. The molecule has 0 atom stereocenters. The highest BCUT2D eigenvalue weighted by Gasteiger charge is 2.24. The van der Waals surface area contributed by atoms with E-state index in [0.717, 1.165) is 12.1 Å². The molecule has 0 aliphatic carbocycles. The van der Waals surface area contributed by atoms with Crippen LogP contribution in [0.1, 0.15) is 10.5 Å². The van der Waals surface area contributed by atoms with Gasteiger partial charge in [-0.05, 0) is 22.0 Å². The molecule has 2 aromatic rings. The van der Waals surface area contributed by atoms with Crippen molar-refractivity contribution in [1.29, 1.82) is 0 Å². The minimum atomic E-state index is -1.34. The van der Waals surface area contributed by atoms with Crippen molar-refractivity contribution in [3.63, 3.8) is 0 Å². The summed E-state index contributed by atoms with van der Waals surface area (Å²) in [6.07, 6.45) is 0. The van der Waals surface area contributed by atoms with Crippen LogP contribution in [-0.2, 0) is 0 Å². The predicted molar refractivity (Wildman–Crippen MR) is 63.1 cm³/mol. The lowest BCUT2D eigenvalue weighted by atomic mass is 10.1. The Morgan fingerprint density at radius 1 is 1.47 bits per heavy atom. The topological polar surface area (TPSA) is 72.6 Å². The number of rotatable bonds is 3. The lowest BCUT2D eigenvalue weighted by molar-refractivity contribution is 0.0686. The van der Waals surface area contributed by atoms with Gasteiger partial charge in [0.15, 0.2) is 23.1 Å². The molecular formula is C11H6BrF2NO4. The van der Waals surface area contributed by atoms with Crippen molar-refractivity contribution in [2.75, 3.05) is 7.11 Å². The van der Waals surface area contributed by atoms with Gasteiger partial charge in [-0.1, -0.05) is 5.16 Å². The Hall–Kier alpha value is -1.96. The third-order valence-corrected chi connectivity index (χ3v) is 2.90. The summed E-state index contributed by atoms with van der Waals surface area (Å²) < 4.78 is 37.0. The fourth-order valence-corrected chi connectivity index (χ4v) is 2.05. The monoisotopic (exact) mass is 333 g/mol. The molecule has 2 rings (SSSR count). The highest BCUT2D eigenvalue weighted by Crippen LogP contribution is 2.39. The van der Waals surface area contributed by atoms with Gasteiger partial charge in [0.2, 0.25) is 0 Å². The molecule has 0 radical (unpaired) electrons. The normalized spacial score (nSPS) is 10.5. The number of carboxylic acids is 1. The van der Waals surface area contributed by atoms with Gasteiger partial charge in [0.25, 0.3) is 0 Å². The van der Waals surface area contributed by atoms with Gasteiger partial charge in [-0.3, -0.25) is 0 Å². The van der Waals surface area contributed by atoms with Gasteiger partial charge < -0.3 is 14.4 Å². The van der Waals surface area contributed by atoms with Crippen LogP contribution in [0.2, 0.25) is 0 Å². The maximum absolute atomic E-state index is 13.8. The van der Waals surface area contributed by atoms with Crippen molar-refractivity contribution in [2.24, 2.45) is 0 Å². The molecule has 0 fully saturated rings. The molecule has 0 saturated heterocycles. The van der Waals surface area contributed by atoms with Gasteiger partial charge in [0.1, 0.15) is 11.3 Å². The minimum absolute atomic E-state index is 0.0213. The summed E-state index contributed by atoms with van der Waals surface area (Å²) >= 11 is 3.02. The van der Waals surface area contributed by atoms with Crippen LogP contribution in [0.3, 0.4) is 0 Å². The Morgan fingerprint density at radius 3 is 2.68 bits per heavy atom. The van der Waals surface area contributed by atoms with E-state index in [-0.39, 0.29) is 21.5 Å². The number of hydrogen-bond acceptors (Lipinski definition) is 4. The standard InChI is InChI=1S/C11H6BrF2NO4/c1-18-10-4(12)2-5(13)9(14)8(10)7-3-6(11(16)17)15-19-7/h2-3H,1H3,(H,16,17). The number of methoxy groups -OCH3 is 1. The maximum atomic E-state index is 13.8. The van der Waals surface area contributed by atoms with E-state index in [4.69, 9.17) is 14.4 Å². The summed E-state index contributed by atoms with van der Waals surface area (Å²) in [6.45, 7) is 0. The summed E-state index contributed by atoms with van der Waals surface area (Å²) in [7, 11) is 1.26. The van der Waals surface area contributed by atoms with Crippen molar-refractivity contribution < 1.29 is 27.9 Å². The number of benzene rings is 1. The van der Waals surface area contributed by atoms with E-state index >= 15 is 0 Å². The number of ether oxygens (including phenoxy) is 1. The van der Waals surface area contributed by atoms with E-state index in [9.17, 15) is 13.6 Å². The van der Waals surface area contributed by atoms with Crippen LogP contribution in [0.15, 0.2) is 21.1 Å². The fraction of sp³-hybridized carbons (Fsp3) is 0.0909. The van der Waals surface area contributed by atoms with E-state index < -0.39 is 23.3 Å². The second-order valence-corrected chi connectivity index (χ2v) is 4.30. The summed E-state index contributed by atoms with van der Waals surface area (Å²) in [5.41, 5.74) is -0.758. The molecule has 5 nitrogen and oxygen atoms in total. The second kappa shape index (κ2) is 4.96. The summed E-state index contributed by atoms with van der Waals surface area (Å²) in [6, 6.07) is 1.88. The van der Waals surface area contributed by atoms with Gasteiger partial charge >= 0.3 is 5.97 Å². The molecule has 1 heterocycles. The molecule has 0 saturated carbocycles. The minimum Gasteiger partial charge on any atom is -0.495 e. The molecular weight excluding hydrogens is 328 g/mol. The molecule has 0 amide bonds. The van der Waals surface area contributed by atoms with Crippen LogP contribution >= 0.6 is 15.9 Å². The number of carboxylic acid groups (broad SMARTS) is 1. The van der Waals surface area contributed by atoms with E-state index in [0.29, 0.717) is 0 Å². The molecule has 0 bridgehead atoms. The summed E-state index contributed by atoms with van der Waals surface area (Å²) in [5.74, 6) is -3.95. The van der Waals surface area contributed by atoms with Crippen molar-refractivity contribution in [3.8, 4) is 17.1 Å². The first-order chi connectivity index (χ1) is 8.95. The Morgan fingerprint density at radius 2 is 2.16 bits per heavy atom. The summed E-state index contributed by atoms with van der Waals surface area (Å²) in [5, 5.41) is 12.0. The Balaban J connectivity index is 2.69. The van der Waals surface area contributed by atoms with Crippen LogP contribution < -0.4 is 4.74 Å². The van der Waals surface area contributed by atoms with Crippen LogP contribution in [-0.4, -0.2) is 23.3 Å². The molecule has 1 aromatic heterocycles. The van der Waals surface area contributed by atoms with Gasteiger partial charge in [0.05, 0.1) is 11.6 Å². The third-order valence-electron chi connectivity index (χ3n) is 2.31. The van der Waals surface area contributed by atoms with Crippen molar-refractivity contribution in [1.82, 2.24) is 5.16 Å². The van der Waals surface area contributed by atoms with Gasteiger partial charge in [-0.2, -0.15) is 0 Å². The first-order valence-electron chi connectivity index (χ1n) is 4.87. The van der Waals surface area contributed by atoms with E-state index in [1.54, 1.807) is 0 Å². The quantitative estimate of drug-likeness (QED) is 0.874. The summed E-state index contributed by atoms with van der Waals surface area (Å²) in [4.78, 5) is 10.7. The maximum Gasteiger partial charge on any atom is 0.358 e. The molecule has 0 aliphatic rings. The number of aromatic carboxylic acids is 1. The first-order valence-corrected chi connectivity index (χ1v) is 5.67. The number of hydrogen-bond donors (Lipinski definition) is 1. The van der Waals surface area contributed by atoms with E-state index in [2.05, 4.69) is 21.1 Å². The SMILES string of the molecule is COc1c(Br)cc(F)c(F)c1-c1cc(C(=O)O)no1. The van der Waals surface area contributed by atoms with Gasteiger partial charge in [-0.15, -0.1) is 0 Å². The second-order valence-electron chi connectivity index (χ2n) is 3.44. The van der Waals surface area contributed by atoms with Crippen molar-refractivity contribution in [3.05, 3.63) is 33.9 Å². The number of halogens is 3. The Labute approximate surface area is 113 Å². The fourth-order valence-electron chi connectivity index (χ4n) is 1.49. The molecule has 19 heavy (non-hydrogen) atoms. The largest absolute Gasteiger partial charge is 0.495 e. The molecule has 1 N–H and O–H groups in total. The average Bonchev–Trinajstić information content (AvgIpc) is 2.82. The Bertz CT molecular complexity index is 656. The van der Waals surface area contributed by atoms with Gasteiger partial charge in [-0.25, -0.2) is 13.6 Å². The molecule has 0 spiro atoms. The number of nitrogens with zero attached hydrogens (tertiary/aromatic N) is 1. The van der Waals surface area contributed by atoms with Crippen LogP contribution in [0.25, 0.3) is 11.3 Å². The zero-order valence-corrected chi connectivity index (χ0v) is 11.0. The number of carbonyl (C=O) groups is 1. The Kier molecular flexibility index (Phi) is 3.52. The van der Waals surface area contributed by atoms with E-state index in [1.807, 2.05) is 0 Å². The van der Waals surface area contributed by atoms with E-state index in [1.165, 1.54) is 7.11 Å². The lowest BCUT2D eigenvalue weighted by Gasteiger charge is -2.09. The van der Waals surface area contributed by atoms with Crippen LogP contribution in [0, 0.1) is 11.6 Å². The van der Waals surface area contributed by atoms with Crippen molar-refractivity contribution in [2.45, 2.75) is 0 Å². The third kappa shape index (κ3) is 2.30. The van der Waals surface area contributed by atoms with Crippen LogP contribution in [0.5, 0.6) is 5.75 Å². The zero-order valence-electron chi connectivity index (χ0n) is 9.41.